The van der Waals surface area contributed by atoms with Crippen molar-refractivity contribution in [3.63, 3.8) is 0 Å². The minimum absolute atomic E-state index is 0.142. The molecule has 1 aromatic heterocycles. The predicted molar refractivity (Wildman–Crippen MR) is 136 cm³/mol. The van der Waals surface area contributed by atoms with Crippen LogP contribution in [0, 0.1) is 13.8 Å². The van der Waals surface area contributed by atoms with Crippen LogP contribution in [0.1, 0.15) is 39.9 Å². The summed E-state index contributed by atoms with van der Waals surface area (Å²) in [6.07, 6.45) is 0.550. The molecule has 1 aliphatic rings. The Bertz CT molecular complexity index is 1460. The van der Waals surface area contributed by atoms with Crippen LogP contribution in [0.25, 0.3) is 22.2 Å². The average molecular weight is 464 g/mol. The van der Waals surface area contributed by atoms with Gasteiger partial charge in [-0.1, -0.05) is 54.1 Å². The molecule has 0 radical (unpaired) electrons. The number of amides is 3. The van der Waals surface area contributed by atoms with Crippen LogP contribution < -0.4 is 5.32 Å². The third-order valence-electron chi connectivity index (χ3n) is 6.33. The Morgan fingerprint density at radius 2 is 1.63 bits per heavy atom. The molecule has 174 valence electrons. The Morgan fingerprint density at radius 1 is 0.914 bits per heavy atom. The Labute approximate surface area is 203 Å². The van der Waals surface area contributed by atoms with Crippen LogP contribution in [-0.4, -0.2) is 27.6 Å². The number of nitrogens with zero attached hydrogens (tertiary/aromatic N) is 2. The largest absolute Gasteiger partial charge is 0.322 e. The average Bonchev–Trinajstić information content (AvgIpc) is 3.16. The second kappa shape index (κ2) is 9.14. The highest BCUT2D eigenvalue weighted by Crippen LogP contribution is 2.28. The minimum atomic E-state index is -0.229. The molecule has 35 heavy (non-hydrogen) atoms. The van der Waals surface area contributed by atoms with Gasteiger partial charge in [-0.25, -0.2) is 4.98 Å². The lowest BCUT2D eigenvalue weighted by molar-refractivity contribution is -0.139. The smallest absolute Gasteiger partial charge is 0.256 e. The van der Waals surface area contributed by atoms with Crippen molar-refractivity contribution in [2.45, 2.75) is 33.2 Å². The quantitative estimate of drug-likeness (QED) is 0.401. The maximum Gasteiger partial charge on any atom is 0.256 e. The number of hydrogen-bond acceptors (Lipinski definition) is 4. The standard InChI is InChI=1S/C29H25N3O3/c1-18-7-12-22(19(2)15-18)26-16-24(23-5-3-4-6-25(23)31-26)29(35)30-21-10-8-20(9-11-21)17-32-27(33)13-14-28(32)34/h3-12,15-16H,13-14,17H2,1-2H3,(H,30,35). The zero-order valence-electron chi connectivity index (χ0n) is 19.7. The van der Waals surface area contributed by atoms with E-state index in [0.717, 1.165) is 33.3 Å². The summed E-state index contributed by atoms with van der Waals surface area (Å²) in [7, 11) is 0. The van der Waals surface area contributed by atoms with E-state index < -0.39 is 0 Å². The van der Waals surface area contributed by atoms with E-state index in [-0.39, 0.29) is 37.1 Å². The van der Waals surface area contributed by atoms with Gasteiger partial charge in [0.1, 0.15) is 0 Å². The molecule has 6 heteroatoms. The van der Waals surface area contributed by atoms with E-state index in [1.807, 2.05) is 61.5 Å². The molecule has 2 heterocycles. The van der Waals surface area contributed by atoms with Crippen molar-refractivity contribution in [1.29, 1.82) is 0 Å². The summed E-state index contributed by atoms with van der Waals surface area (Å²) < 4.78 is 0. The van der Waals surface area contributed by atoms with Gasteiger partial charge in [0.25, 0.3) is 5.91 Å². The van der Waals surface area contributed by atoms with Crippen LogP contribution in [-0.2, 0) is 16.1 Å². The number of benzene rings is 3. The molecule has 0 spiro atoms. The van der Waals surface area contributed by atoms with E-state index in [1.54, 1.807) is 12.1 Å². The lowest BCUT2D eigenvalue weighted by Gasteiger charge is -2.14. The first-order chi connectivity index (χ1) is 16.9. The number of pyridine rings is 1. The number of aryl methyl sites for hydroxylation is 2. The summed E-state index contributed by atoms with van der Waals surface area (Å²) in [6.45, 7) is 4.35. The molecule has 0 unspecified atom stereocenters. The molecule has 0 aliphatic carbocycles. The van der Waals surface area contributed by atoms with Gasteiger partial charge in [-0.2, -0.15) is 0 Å². The van der Waals surface area contributed by atoms with Crippen molar-refractivity contribution < 1.29 is 14.4 Å². The van der Waals surface area contributed by atoms with E-state index in [9.17, 15) is 14.4 Å². The monoisotopic (exact) mass is 463 g/mol. The lowest BCUT2D eigenvalue weighted by Crippen LogP contribution is -2.28. The molecular weight excluding hydrogens is 438 g/mol. The maximum atomic E-state index is 13.4. The number of imide groups is 1. The second-order valence-corrected chi connectivity index (χ2v) is 8.92. The van der Waals surface area contributed by atoms with Gasteiger partial charge < -0.3 is 5.32 Å². The summed E-state index contributed by atoms with van der Waals surface area (Å²) in [5.41, 5.74) is 6.78. The zero-order valence-corrected chi connectivity index (χ0v) is 19.7. The molecule has 0 bridgehead atoms. The summed E-state index contributed by atoms with van der Waals surface area (Å²) >= 11 is 0. The SMILES string of the molecule is Cc1ccc(-c2cc(C(=O)Nc3ccc(CN4C(=O)CCC4=O)cc3)c3ccccc3n2)c(C)c1. The van der Waals surface area contributed by atoms with Crippen LogP contribution in [0.4, 0.5) is 5.69 Å². The molecule has 3 amide bonds. The maximum absolute atomic E-state index is 13.4. The fourth-order valence-corrected chi connectivity index (χ4v) is 4.48. The van der Waals surface area contributed by atoms with Crippen LogP contribution >= 0.6 is 0 Å². The molecule has 0 atom stereocenters. The topological polar surface area (TPSA) is 79.4 Å². The van der Waals surface area contributed by atoms with Crippen LogP contribution in [0.2, 0.25) is 0 Å². The van der Waals surface area contributed by atoms with Crippen LogP contribution in [0.3, 0.4) is 0 Å². The number of anilines is 1. The minimum Gasteiger partial charge on any atom is -0.322 e. The second-order valence-electron chi connectivity index (χ2n) is 8.92. The number of aromatic nitrogens is 1. The third kappa shape index (κ3) is 4.55. The fourth-order valence-electron chi connectivity index (χ4n) is 4.48. The fraction of sp³-hybridized carbons (Fsp3) is 0.172. The summed E-state index contributed by atoms with van der Waals surface area (Å²) in [5, 5.41) is 3.76. The van der Waals surface area contributed by atoms with Gasteiger partial charge in [0.05, 0.1) is 23.3 Å². The molecule has 1 saturated heterocycles. The van der Waals surface area contributed by atoms with E-state index in [0.29, 0.717) is 11.3 Å². The lowest BCUT2D eigenvalue weighted by atomic mass is 9.99. The Morgan fingerprint density at radius 3 is 2.34 bits per heavy atom. The van der Waals surface area contributed by atoms with Crippen LogP contribution in [0.15, 0.2) is 72.8 Å². The van der Waals surface area contributed by atoms with Gasteiger partial charge in [0.15, 0.2) is 0 Å². The molecule has 5 rings (SSSR count). The normalized spacial score (nSPS) is 13.5. The van der Waals surface area contributed by atoms with Gasteiger partial charge in [-0.3, -0.25) is 19.3 Å². The number of hydrogen-bond donors (Lipinski definition) is 1. The van der Waals surface area contributed by atoms with Crippen molar-refractivity contribution in [3.05, 3.63) is 95.1 Å². The molecule has 4 aromatic rings. The van der Waals surface area contributed by atoms with E-state index in [2.05, 4.69) is 18.3 Å². The van der Waals surface area contributed by atoms with Gasteiger partial charge in [-0.05, 0) is 49.2 Å². The molecular formula is C29H25N3O3. The van der Waals surface area contributed by atoms with E-state index in [1.165, 1.54) is 10.5 Å². The number of para-hydroxylation sites is 1. The number of likely N-dealkylation sites (tertiary alicyclic amines) is 1. The van der Waals surface area contributed by atoms with Gasteiger partial charge in [0, 0.05) is 29.5 Å². The third-order valence-corrected chi connectivity index (χ3v) is 6.33. The first-order valence-electron chi connectivity index (χ1n) is 11.6. The molecule has 3 aromatic carbocycles. The predicted octanol–water partition coefficient (Wildman–Crippen LogP) is 5.42. The van der Waals surface area contributed by atoms with E-state index >= 15 is 0 Å². The molecule has 1 fully saturated rings. The van der Waals surface area contributed by atoms with Crippen molar-refractivity contribution in [1.82, 2.24) is 9.88 Å². The highest BCUT2D eigenvalue weighted by Gasteiger charge is 2.28. The zero-order chi connectivity index (χ0) is 24.5. The molecule has 1 N–H and O–H groups in total. The van der Waals surface area contributed by atoms with Crippen molar-refractivity contribution >= 4 is 34.3 Å². The first kappa shape index (κ1) is 22.5. The first-order valence-corrected chi connectivity index (χ1v) is 11.6. The van der Waals surface area contributed by atoms with Gasteiger partial charge >= 0.3 is 0 Å². The number of nitrogens with one attached hydrogen (secondary N) is 1. The van der Waals surface area contributed by atoms with E-state index in [4.69, 9.17) is 4.98 Å². The Kier molecular flexibility index (Phi) is 5.87. The summed E-state index contributed by atoms with van der Waals surface area (Å²) in [6, 6.07) is 22.9. The highest BCUT2D eigenvalue weighted by molar-refractivity contribution is 6.13. The highest BCUT2D eigenvalue weighted by atomic mass is 16.2. The van der Waals surface area contributed by atoms with Crippen molar-refractivity contribution in [3.8, 4) is 11.3 Å². The number of carbonyl (C=O) groups excluding carboxylic acids is 3. The van der Waals surface area contributed by atoms with Crippen molar-refractivity contribution in [2.24, 2.45) is 0 Å². The number of rotatable bonds is 5. The Balaban J connectivity index is 1.42. The Hall–Kier alpha value is -4.32. The van der Waals surface area contributed by atoms with Gasteiger partial charge in [0.2, 0.25) is 11.8 Å². The molecule has 1 aliphatic heterocycles. The van der Waals surface area contributed by atoms with Crippen molar-refractivity contribution in [2.75, 3.05) is 5.32 Å². The molecule has 0 saturated carbocycles. The van der Waals surface area contributed by atoms with Crippen LogP contribution in [0.5, 0.6) is 0 Å². The molecule has 6 nitrogen and oxygen atoms in total. The summed E-state index contributed by atoms with van der Waals surface area (Å²) in [4.78, 5) is 43.2. The number of fused-ring (bicyclic) bond motifs is 1. The number of carbonyl (C=O) groups is 3. The van der Waals surface area contributed by atoms with Gasteiger partial charge in [-0.15, -0.1) is 0 Å². The summed E-state index contributed by atoms with van der Waals surface area (Å²) in [5.74, 6) is -0.514.